The van der Waals surface area contributed by atoms with E-state index in [0.717, 1.165) is 25.0 Å². The first-order chi connectivity index (χ1) is 7.75. The van der Waals surface area contributed by atoms with E-state index in [1.165, 1.54) is 19.3 Å². The summed E-state index contributed by atoms with van der Waals surface area (Å²) in [6.45, 7) is 2.08. The summed E-state index contributed by atoms with van der Waals surface area (Å²) in [7, 11) is 1.89. The minimum absolute atomic E-state index is 0.366. The maximum Gasteiger partial charge on any atom is 0.245 e. The van der Waals surface area contributed by atoms with Crippen LogP contribution in [0.25, 0.3) is 0 Å². The van der Waals surface area contributed by atoms with Gasteiger partial charge in [0.1, 0.15) is 0 Å². The molecule has 0 bridgehead atoms. The second kappa shape index (κ2) is 3.69. The second-order valence-corrected chi connectivity index (χ2v) is 5.03. The number of hydrogen-bond acceptors (Lipinski definition) is 5. The van der Waals surface area contributed by atoms with Crippen molar-refractivity contribution < 1.29 is 0 Å². The Kier molecular flexibility index (Phi) is 2.31. The van der Waals surface area contributed by atoms with Crippen LogP contribution in [-0.2, 0) is 7.05 Å². The number of fused-ring (bicyclic) bond motifs is 1. The molecule has 2 N–H and O–H groups in total. The minimum atomic E-state index is 0.366. The maximum atomic E-state index is 6.19. The molecule has 3 unspecified atom stereocenters. The molecule has 1 aliphatic heterocycles. The van der Waals surface area contributed by atoms with Crippen LogP contribution in [0.5, 0.6) is 0 Å². The third-order valence-electron chi connectivity index (χ3n) is 4.03. The monoisotopic (exact) mass is 222 g/mol. The van der Waals surface area contributed by atoms with Gasteiger partial charge in [-0.15, -0.1) is 0 Å². The van der Waals surface area contributed by atoms with Crippen molar-refractivity contribution in [1.29, 1.82) is 0 Å². The van der Waals surface area contributed by atoms with Crippen molar-refractivity contribution in [3.05, 3.63) is 0 Å². The number of aromatic nitrogens is 4. The van der Waals surface area contributed by atoms with Crippen molar-refractivity contribution in [1.82, 2.24) is 20.2 Å². The predicted molar refractivity (Wildman–Crippen MR) is 59.8 cm³/mol. The van der Waals surface area contributed by atoms with Gasteiger partial charge in [-0.1, -0.05) is 11.5 Å². The lowest BCUT2D eigenvalue weighted by molar-refractivity contribution is 0.260. The van der Waals surface area contributed by atoms with E-state index in [2.05, 4.69) is 20.4 Å². The number of rotatable bonds is 1. The van der Waals surface area contributed by atoms with E-state index in [4.69, 9.17) is 5.73 Å². The van der Waals surface area contributed by atoms with Gasteiger partial charge in [-0.05, 0) is 35.1 Å². The van der Waals surface area contributed by atoms with E-state index in [1.54, 1.807) is 4.68 Å². The van der Waals surface area contributed by atoms with Gasteiger partial charge in [-0.25, -0.2) is 4.68 Å². The summed E-state index contributed by atoms with van der Waals surface area (Å²) in [5.74, 6) is 2.24. The summed E-state index contributed by atoms with van der Waals surface area (Å²) in [4.78, 5) is 2.28. The molecule has 1 saturated carbocycles. The normalized spacial score (nSPS) is 34.1. The number of hydrogen-bond donors (Lipinski definition) is 1. The highest BCUT2D eigenvalue weighted by Crippen LogP contribution is 2.36. The Bertz CT molecular complexity index is 375. The third kappa shape index (κ3) is 1.48. The lowest BCUT2D eigenvalue weighted by atomic mass is 9.78. The Morgan fingerprint density at radius 1 is 1.31 bits per heavy atom. The van der Waals surface area contributed by atoms with E-state index in [9.17, 15) is 0 Å². The first kappa shape index (κ1) is 10.0. The van der Waals surface area contributed by atoms with Crippen molar-refractivity contribution in [2.24, 2.45) is 24.6 Å². The number of anilines is 1. The Morgan fingerprint density at radius 2 is 2.19 bits per heavy atom. The van der Waals surface area contributed by atoms with E-state index in [1.807, 2.05) is 7.05 Å². The molecule has 2 fully saturated rings. The molecule has 1 aromatic heterocycles. The zero-order valence-corrected chi connectivity index (χ0v) is 9.58. The molecule has 3 atom stereocenters. The largest absolute Gasteiger partial charge is 0.339 e. The highest BCUT2D eigenvalue weighted by molar-refractivity contribution is 5.31. The highest BCUT2D eigenvalue weighted by atomic mass is 15.6. The average molecular weight is 222 g/mol. The fraction of sp³-hybridized carbons (Fsp3) is 0.900. The Balaban J connectivity index is 1.79. The van der Waals surface area contributed by atoms with Gasteiger partial charge < -0.3 is 10.6 Å². The van der Waals surface area contributed by atoms with Crippen LogP contribution in [0, 0.1) is 11.8 Å². The molecular formula is C10H18N6. The van der Waals surface area contributed by atoms with Crippen LogP contribution in [0.15, 0.2) is 0 Å². The van der Waals surface area contributed by atoms with Gasteiger partial charge in [-0.2, -0.15) is 0 Å². The van der Waals surface area contributed by atoms with E-state index in [0.29, 0.717) is 12.0 Å². The fourth-order valence-corrected chi connectivity index (χ4v) is 3.17. The first-order valence-corrected chi connectivity index (χ1v) is 5.98. The molecule has 0 spiro atoms. The Labute approximate surface area is 94.8 Å². The SMILES string of the molecule is Cn1nnnc1N1CC2CCCC(N)C2C1. The first-order valence-electron chi connectivity index (χ1n) is 5.98. The van der Waals surface area contributed by atoms with Crippen LogP contribution in [-0.4, -0.2) is 39.3 Å². The van der Waals surface area contributed by atoms with Crippen LogP contribution in [0.1, 0.15) is 19.3 Å². The fourth-order valence-electron chi connectivity index (χ4n) is 3.17. The van der Waals surface area contributed by atoms with Crippen molar-refractivity contribution >= 4 is 5.95 Å². The van der Waals surface area contributed by atoms with E-state index < -0.39 is 0 Å². The van der Waals surface area contributed by atoms with Crippen molar-refractivity contribution in [2.45, 2.75) is 25.3 Å². The molecule has 1 saturated heterocycles. The molecule has 2 heterocycles. The molecule has 1 aliphatic carbocycles. The topological polar surface area (TPSA) is 72.9 Å². The third-order valence-corrected chi connectivity index (χ3v) is 4.03. The van der Waals surface area contributed by atoms with Gasteiger partial charge in [0.25, 0.3) is 0 Å². The van der Waals surface area contributed by atoms with Crippen molar-refractivity contribution in [3.8, 4) is 0 Å². The number of aryl methyl sites for hydroxylation is 1. The highest BCUT2D eigenvalue weighted by Gasteiger charge is 2.39. The van der Waals surface area contributed by atoms with Gasteiger partial charge in [0.05, 0.1) is 0 Å². The molecule has 6 nitrogen and oxygen atoms in total. The lowest BCUT2D eigenvalue weighted by Gasteiger charge is -2.29. The number of tetrazole rings is 1. The predicted octanol–water partition coefficient (Wildman–Crippen LogP) is -0.226. The summed E-state index contributed by atoms with van der Waals surface area (Å²) in [6.07, 6.45) is 3.75. The summed E-state index contributed by atoms with van der Waals surface area (Å²) in [5, 5.41) is 11.6. The average Bonchev–Trinajstić information content (AvgIpc) is 2.84. The molecule has 2 aliphatic rings. The van der Waals surface area contributed by atoms with Crippen LogP contribution >= 0.6 is 0 Å². The molecule has 0 radical (unpaired) electrons. The summed E-state index contributed by atoms with van der Waals surface area (Å²) in [6, 6.07) is 0.366. The molecule has 88 valence electrons. The number of nitrogens with zero attached hydrogens (tertiary/aromatic N) is 5. The van der Waals surface area contributed by atoms with Crippen LogP contribution in [0.2, 0.25) is 0 Å². The second-order valence-electron chi connectivity index (χ2n) is 5.03. The van der Waals surface area contributed by atoms with Gasteiger partial charge in [0.2, 0.25) is 5.95 Å². The Hall–Kier alpha value is -1.17. The zero-order valence-electron chi connectivity index (χ0n) is 9.58. The summed E-state index contributed by atoms with van der Waals surface area (Å²) in [5.41, 5.74) is 6.19. The van der Waals surface area contributed by atoms with Crippen LogP contribution in [0.3, 0.4) is 0 Å². The molecule has 0 aromatic carbocycles. The lowest BCUT2D eigenvalue weighted by Crippen LogP contribution is -2.38. The standard InChI is InChI=1S/C10H18N6/c1-15-10(12-13-14-15)16-5-7-3-2-4-9(11)8(7)6-16/h7-9H,2-6,11H2,1H3. The zero-order chi connectivity index (χ0) is 11.1. The van der Waals surface area contributed by atoms with Gasteiger partial charge in [0, 0.05) is 26.2 Å². The quantitative estimate of drug-likeness (QED) is 0.711. The molecule has 16 heavy (non-hydrogen) atoms. The molecule has 6 heteroatoms. The van der Waals surface area contributed by atoms with Gasteiger partial charge in [-0.3, -0.25) is 0 Å². The summed E-state index contributed by atoms with van der Waals surface area (Å²) >= 11 is 0. The smallest absolute Gasteiger partial charge is 0.245 e. The minimum Gasteiger partial charge on any atom is -0.339 e. The van der Waals surface area contributed by atoms with Gasteiger partial charge >= 0.3 is 0 Å². The molecule has 0 amide bonds. The van der Waals surface area contributed by atoms with E-state index in [-0.39, 0.29) is 0 Å². The van der Waals surface area contributed by atoms with Crippen molar-refractivity contribution in [3.63, 3.8) is 0 Å². The van der Waals surface area contributed by atoms with Gasteiger partial charge in [0.15, 0.2) is 0 Å². The molecule has 1 aromatic rings. The molecular weight excluding hydrogens is 204 g/mol. The van der Waals surface area contributed by atoms with E-state index >= 15 is 0 Å². The van der Waals surface area contributed by atoms with Crippen LogP contribution < -0.4 is 10.6 Å². The number of nitrogens with two attached hydrogens (primary N) is 1. The Morgan fingerprint density at radius 3 is 2.88 bits per heavy atom. The summed E-state index contributed by atoms with van der Waals surface area (Å²) < 4.78 is 1.74. The maximum absolute atomic E-state index is 6.19. The van der Waals surface area contributed by atoms with Crippen LogP contribution in [0.4, 0.5) is 5.95 Å². The molecule has 3 rings (SSSR count). The van der Waals surface area contributed by atoms with Crippen molar-refractivity contribution in [2.75, 3.05) is 18.0 Å².